The van der Waals surface area contributed by atoms with Gasteiger partial charge in [-0.2, -0.15) is 0 Å². The van der Waals surface area contributed by atoms with E-state index in [0.717, 1.165) is 13.1 Å². The van der Waals surface area contributed by atoms with Gasteiger partial charge in [-0.05, 0) is 56.5 Å². The summed E-state index contributed by atoms with van der Waals surface area (Å²) < 4.78 is 0. The minimum atomic E-state index is 0. The number of rotatable bonds is 4. The molecular weight excluding hydrogens is 272 g/mol. The molecule has 2 rings (SSSR count). The molecule has 1 saturated heterocycles. The number of amides is 1. The standard InChI is InChI=1S/C16H24N2O.ClH/c1-10-5-6-14(7-11(10)2)13(4)18-16(19)12(3)15-8-17-9-15;/h5-7,12-13,15,17H,8-9H2,1-4H3,(H,18,19);1H. The number of aryl methyl sites for hydroxylation is 2. The first-order chi connectivity index (χ1) is 8.99. The molecule has 112 valence electrons. The lowest BCUT2D eigenvalue weighted by Gasteiger charge is -2.32. The number of hydrogen-bond acceptors (Lipinski definition) is 2. The van der Waals surface area contributed by atoms with E-state index in [9.17, 15) is 4.79 Å². The minimum absolute atomic E-state index is 0. The predicted molar refractivity (Wildman–Crippen MR) is 85.2 cm³/mol. The van der Waals surface area contributed by atoms with Crippen LogP contribution >= 0.6 is 12.4 Å². The zero-order valence-corrected chi connectivity index (χ0v) is 13.5. The van der Waals surface area contributed by atoms with Crippen molar-refractivity contribution in [2.24, 2.45) is 11.8 Å². The summed E-state index contributed by atoms with van der Waals surface area (Å²) in [5, 5.41) is 6.34. The summed E-state index contributed by atoms with van der Waals surface area (Å²) in [5.74, 6) is 0.749. The van der Waals surface area contributed by atoms with Gasteiger partial charge in [0.05, 0.1) is 6.04 Å². The SMILES string of the molecule is Cc1ccc(C(C)NC(=O)C(C)C2CNC2)cc1C.Cl. The van der Waals surface area contributed by atoms with Crippen LogP contribution in [0.5, 0.6) is 0 Å². The Morgan fingerprint density at radius 3 is 2.40 bits per heavy atom. The fourth-order valence-electron chi connectivity index (χ4n) is 2.34. The summed E-state index contributed by atoms with van der Waals surface area (Å²) in [6.07, 6.45) is 0. The maximum atomic E-state index is 12.2. The Bertz CT molecular complexity index is 472. The normalized spacial score (nSPS) is 17.6. The molecule has 2 N–H and O–H groups in total. The van der Waals surface area contributed by atoms with Gasteiger partial charge in [-0.3, -0.25) is 4.79 Å². The molecule has 1 amide bonds. The van der Waals surface area contributed by atoms with Gasteiger partial charge >= 0.3 is 0 Å². The number of carbonyl (C=O) groups excluding carboxylic acids is 1. The maximum absolute atomic E-state index is 12.2. The van der Waals surface area contributed by atoms with Gasteiger partial charge in [0, 0.05) is 5.92 Å². The quantitative estimate of drug-likeness (QED) is 0.897. The van der Waals surface area contributed by atoms with Gasteiger partial charge in [0.2, 0.25) is 5.91 Å². The molecule has 20 heavy (non-hydrogen) atoms. The highest BCUT2D eigenvalue weighted by Gasteiger charge is 2.29. The Balaban J connectivity index is 0.00000200. The average molecular weight is 297 g/mol. The van der Waals surface area contributed by atoms with Crippen molar-refractivity contribution >= 4 is 18.3 Å². The summed E-state index contributed by atoms with van der Waals surface area (Å²) in [6, 6.07) is 6.45. The first-order valence-electron chi connectivity index (χ1n) is 7.07. The van der Waals surface area contributed by atoms with Crippen LogP contribution in [0.4, 0.5) is 0 Å². The van der Waals surface area contributed by atoms with Crippen molar-refractivity contribution in [1.29, 1.82) is 0 Å². The van der Waals surface area contributed by atoms with Crippen LogP contribution in [0.3, 0.4) is 0 Å². The molecule has 2 atom stereocenters. The van der Waals surface area contributed by atoms with E-state index in [1.807, 2.05) is 13.8 Å². The Labute approximate surface area is 127 Å². The van der Waals surface area contributed by atoms with Gasteiger partial charge in [0.15, 0.2) is 0 Å². The summed E-state index contributed by atoms with van der Waals surface area (Å²) >= 11 is 0. The van der Waals surface area contributed by atoms with Crippen LogP contribution in [0.15, 0.2) is 18.2 Å². The van der Waals surface area contributed by atoms with Crippen molar-refractivity contribution in [3.8, 4) is 0 Å². The smallest absolute Gasteiger partial charge is 0.223 e. The number of hydrogen-bond donors (Lipinski definition) is 2. The molecular formula is C16H25ClN2O. The van der Waals surface area contributed by atoms with Crippen LogP contribution in [0.2, 0.25) is 0 Å². The molecule has 1 aliphatic rings. The van der Waals surface area contributed by atoms with E-state index in [0.29, 0.717) is 5.92 Å². The average Bonchev–Trinajstić information content (AvgIpc) is 2.30. The van der Waals surface area contributed by atoms with Gasteiger partial charge in [0.25, 0.3) is 0 Å². The maximum Gasteiger partial charge on any atom is 0.223 e. The highest BCUT2D eigenvalue weighted by Crippen LogP contribution is 2.20. The van der Waals surface area contributed by atoms with Crippen LogP contribution in [0.25, 0.3) is 0 Å². The molecule has 4 heteroatoms. The summed E-state index contributed by atoms with van der Waals surface area (Å²) in [7, 11) is 0. The van der Waals surface area contributed by atoms with Crippen molar-refractivity contribution in [1.82, 2.24) is 10.6 Å². The lowest BCUT2D eigenvalue weighted by Crippen LogP contribution is -2.49. The van der Waals surface area contributed by atoms with Crippen molar-refractivity contribution in [3.05, 3.63) is 34.9 Å². The van der Waals surface area contributed by atoms with Crippen molar-refractivity contribution in [3.63, 3.8) is 0 Å². The molecule has 1 aromatic rings. The van der Waals surface area contributed by atoms with Gasteiger partial charge < -0.3 is 10.6 Å². The number of carbonyl (C=O) groups is 1. The molecule has 1 aromatic carbocycles. The second-order valence-electron chi connectivity index (χ2n) is 5.78. The van der Waals surface area contributed by atoms with E-state index in [1.165, 1.54) is 16.7 Å². The van der Waals surface area contributed by atoms with Crippen LogP contribution in [0, 0.1) is 25.7 Å². The lowest BCUT2D eigenvalue weighted by atomic mass is 9.88. The molecule has 0 spiro atoms. The van der Waals surface area contributed by atoms with E-state index in [2.05, 4.69) is 42.7 Å². The first kappa shape index (κ1) is 17.0. The topological polar surface area (TPSA) is 41.1 Å². The molecule has 1 aliphatic heterocycles. The van der Waals surface area contributed by atoms with Crippen molar-refractivity contribution in [2.45, 2.75) is 33.7 Å². The summed E-state index contributed by atoms with van der Waals surface area (Å²) in [5.41, 5.74) is 3.74. The number of halogens is 1. The highest BCUT2D eigenvalue weighted by atomic mass is 35.5. The second kappa shape index (κ2) is 7.09. The largest absolute Gasteiger partial charge is 0.349 e. The van der Waals surface area contributed by atoms with Gasteiger partial charge in [-0.1, -0.05) is 25.1 Å². The van der Waals surface area contributed by atoms with E-state index < -0.39 is 0 Å². The van der Waals surface area contributed by atoms with Gasteiger partial charge in [-0.15, -0.1) is 12.4 Å². The van der Waals surface area contributed by atoms with Crippen LogP contribution in [-0.2, 0) is 4.79 Å². The molecule has 1 fully saturated rings. The summed E-state index contributed by atoms with van der Waals surface area (Å²) in [4.78, 5) is 12.2. The van der Waals surface area contributed by atoms with Crippen LogP contribution in [-0.4, -0.2) is 19.0 Å². The molecule has 0 aromatic heterocycles. The summed E-state index contributed by atoms with van der Waals surface area (Å²) in [6.45, 7) is 10.2. The first-order valence-corrected chi connectivity index (χ1v) is 7.07. The number of benzene rings is 1. The molecule has 2 unspecified atom stereocenters. The molecule has 0 saturated carbocycles. The molecule has 0 bridgehead atoms. The van der Waals surface area contributed by atoms with E-state index >= 15 is 0 Å². The van der Waals surface area contributed by atoms with Crippen molar-refractivity contribution < 1.29 is 4.79 Å². The van der Waals surface area contributed by atoms with Crippen LogP contribution < -0.4 is 10.6 Å². The Kier molecular flexibility index (Phi) is 6.03. The van der Waals surface area contributed by atoms with Crippen LogP contribution in [0.1, 0.15) is 36.6 Å². The second-order valence-corrected chi connectivity index (χ2v) is 5.78. The van der Waals surface area contributed by atoms with E-state index in [-0.39, 0.29) is 30.3 Å². The third-order valence-corrected chi connectivity index (χ3v) is 4.32. The third kappa shape index (κ3) is 3.74. The van der Waals surface area contributed by atoms with Crippen molar-refractivity contribution in [2.75, 3.05) is 13.1 Å². The Morgan fingerprint density at radius 1 is 1.25 bits per heavy atom. The minimum Gasteiger partial charge on any atom is -0.349 e. The Hall–Kier alpha value is -1.06. The molecule has 0 aliphatic carbocycles. The predicted octanol–water partition coefficient (Wildman–Crippen LogP) is 2.76. The fraction of sp³-hybridized carbons (Fsp3) is 0.562. The van der Waals surface area contributed by atoms with Gasteiger partial charge in [0.1, 0.15) is 0 Å². The monoisotopic (exact) mass is 296 g/mol. The Morgan fingerprint density at radius 2 is 1.90 bits per heavy atom. The zero-order valence-electron chi connectivity index (χ0n) is 12.7. The zero-order chi connectivity index (χ0) is 14.0. The van der Waals surface area contributed by atoms with E-state index in [1.54, 1.807) is 0 Å². The van der Waals surface area contributed by atoms with E-state index in [4.69, 9.17) is 0 Å². The fourth-order valence-corrected chi connectivity index (χ4v) is 2.34. The molecule has 0 radical (unpaired) electrons. The molecule has 1 heterocycles. The number of nitrogens with one attached hydrogen (secondary N) is 2. The lowest BCUT2D eigenvalue weighted by molar-refractivity contribution is -0.127. The highest BCUT2D eigenvalue weighted by molar-refractivity contribution is 5.85. The molecule has 3 nitrogen and oxygen atoms in total. The third-order valence-electron chi connectivity index (χ3n) is 4.32. The van der Waals surface area contributed by atoms with Gasteiger partial charge in [-0.25, -0.2) is 0 Å².